The third kappa shape index (κ3) is 11.1. The lowest BCUT2D eigenvalue weighted by atomic mass is 10.1. The number of anilines is 1. The molecule has 0 saturated carbocycles. The van der Waals surface area contributed by atoms with E-state index in [4.69, 9.17) is 29.4 Å². The third-order valence-corrected chi connectivity index (χ3v) is 9.12. The third-order valence-electron chi connectivity index (χ3n) is 9.12. The van der Waals surface area contributed by atoms with Crippen LogP contribution in [-0.4, -0.2) is 152 Å². The van der Waals surface area contributed by atoms with Crippen molar-refractivity contribution in [3.63, 3.8) is 0 Å². The normalized spacial score (nSPS) is 23.8. The van der Waals surface area contributed by atoms with Crippen molar-refractivity contribution in [2.45, 2.75) is 116 Å². The number of ether oxygens (including phenoxy) is 5. The first-order chi connectivity index (χ1) is 25.8. The first kappa shape index (κ1) is 41.8. The predicted octanol–water partition coefficient (Wildman–Crippen LogP) is 2.02. The summed E-state index contributed by atoms with van der Waals surface area (Å²) in [6, 6.07) is 0. The second-order valence-corrected chi connectivity index (χ2v) is 16.4. The highest BCUT2D eigenvalue weighted by atomic mass is 16.8. The van der Waals surface area contributed by atoms with Gasteiger partial charge in [0.05, 0.1) is 6.33 Å². The molecule has 0 spiro atoms. The quantitative estimate of drug-likeness (QED) is 0.343. The standard InChI is InChI=1S/C36H58N10O9/c1-34(2,3)54-32(49)44-16-14-38-13-15-43(17-18-45(20-19-44)33(50)55-35(4,5)6)23(47)11-9-10-12-39-30(48)26-25-27(53-36(7,8)52-25)31(51-26)46-22-42-24-28(37)40-21-41-29(24)46/h21-22,25-27,31,38H,9-20H2,1-8H3,(H,39,48)(H2,37,40,41)/t25-,26+,27-,31-/m1/s1. The van der Waals surface area contributed by atoms with Gasteiger partial charge in [0.1, 0.15) is 35.3 Å². The van der Waals surface area contributed by atoms with Gasteiger partial charge in [-0.1, -0.05) is 0 Å². The fourth-order valence-electron chi connectivity index (χ4n) is 6.58. The molecule has 2 aromatic rings. The molecular formula is C36H58N10O9. The maximum atomic E-state index is 13.5. The molecule has 0 aromatic carbocycles. The Morgan fingerprint density at radius 3 is 2.07 bits per heavy atom. The van der Waals surface area contributed by atoms with E-state index in [1.165, 1.54) is 17.6 Å². The van der Waals surface area contributed by atoms with Gasteiger partial charge in [0.25, 0.3) is 5.91 Å². The average Bonchev–Trinajstić information content (AvgIpc) is 3.74. The average molecular weight is 775 g/mol. The monoisotopic (exact) mass is 774 g/mol. The van der Waals surface area contributed by atoms with E-state index in [1.54, 1.807) is 49.0 Å². The first-order valence-corrected chi connectivity index (χ1v) is 19.0. The van der Waals surface area contributed by atoms with Crippen LogP contribution >= 0.6 is 0 Å². The van der Waals surface area contributed by atoms with E-state index < -0.39 is 53.7 Å². The van der Waals surface area contributed by atoms with Crippen LogP contribution in [0.5, 0.6) is 0 Å². The number of nitrogen functional groups attached to an aromatic ring is 1. The number of aromatic nitrogens is 4. The van der Waals surface area contributed by atoms with Crippen LogP contribution in [0, 0.1) is 0 Å². The predicted molar refractivity (Wildman–Crippen MR) is 199 cm³/mol. The van der Waals surface area contributed by atoms with Crippen LogP contribution in [0.1, 0.15) is 80.9 Å². The summed E-state index contributed by atoms with van der Waals surface area (Å²) in [5.41, 5.74) is 5.47. The number of nitrogens with zero attached hydrogens (tertiary/aromatic N) is 7. The number of nitrogens with two attached hydrogens (primary N) is 1. The van der Waals surface area contributed by atoms with Crippen molar-refractivity contribution >= 4 is 41.0 Å². The minimum Gasteiger partial charge on any atom is -0.444 e. The van der Waals surface area contributed by atoms with Gasteiger partial charge in [-0.25, -0.2) is 24.5 Å². The maximum Gasteiger partial charge on any atom is 0.410 e. The first-order valence-electron chi connectivity index (χ1n) is 19.0. The van der Waals surface area contributed by atoms with Crippen LogP contribution in [0.2, 0.25) is 0 Å². The number of hydrogen-bond donors (Lipinski definition) is 3. The number of unbranched alkanes of at least 4 members (excludes halogenated alkanes) is 1. The van der Waals surface area contributed by atoms with E-state index in [1.807, 2.05) is 20.8 Å². The van der Waals surface area contributed by atoms with E-state index >= 15 is 0 Å². The van der Waals surface area contributed by atoms with Gasteiger partial charge >= 0.3 is 12.2 Å². The van der Waals surface area contributed by atoms with Crippen molar-refractivity contribution in [1.29, 1.82) is 0 Å². The number of nitrogens with one attached hydrogen (secondary N) is 2. The highest BCUT2D eigenvalue weighted by Crippen LogP contribution is 2.44. The summed E-state index contributed by atoms with van der Waals surface area (Å²) in [4.78, 5) is 70.6. The zero-order valence-electron chi connectivity index (χ0n) is 33.3. The Balaban J connectivity index is 1.14. The number of hydrogen-bond acceptors (Lipinski definition) is 14. The number of rotatable bonds is 7. The van der Waals surface area contributed by atoms with Crippen molar-refractivity contribution in [1.82, 2.24) is 44.9 Å². The summed E-state index contributed by atoms with van der Waals surface area (Å²) in [7, 11) is 0. The topological polar surface area (TPSA) is 218 Å². The summed E-state index contributed by atoms with van der Waals surface area (Å²) >= 11 is 0. The molecule has 0 bridgehead atoms. The summed E-state index contributed by atoms with van der Waals surface area (Å²) in [5, 5.41) is 6.25. The van der Waals surface area contributed by atoms with Crippen LogP contribution in [0.3, 0.4) is 0 Å². The lowest BCUT2D eigenvalue weighted by Crippen LogP contribution is -2.50. The molecule has 2 aromatic heterocycles. The summed E-state index contributed by atoms with van der Waals surface area (Å²) in [6.45, 7) is 17.4. The Hall–Kier alpha value is -4.33. The molecule has 3 aliphatic heterocycles. The highest BCUT2D eigenvalue weighted by molar-refractivity contribution is 5.83. The van der Waals surface area contributed by atoms with Crippen LogP contribution in [-0.2, 0) is 33.3 Å². The molecule has 55 heavy (non-hydrogen) atoms. The minimum absolute atomic E-state index is 0.0646. The minimum atomic E-state index is -0.964. The number of amides is 4. The molecule has 19 nitrogen and oxygen atoms in total. The summed E-state index contributed by atoms with van der Waals surface area (Å²) in [6.07, 6.45) is 0.225. The van der Waals surface area contributed by atoms with Crippen molar-refractivity contribution in [3.8, 4) is 0 Å². The molecule has 3 fully saturated rings. The highest BCUT2D eigenvalue weighted by Gasteiger charge is 2.58. The van der Waals surface area contributed by atoms with Crippen LogP contribution in [0.15, 0.2) is 12.7 Å². The number of carbonyl (C=O) groups excluding carboxylic acids is 4. The van der Waals surface area contributed by atoms with Crippen LogP contribution in [0.4, 0.5) is 15.4 Å². The van der Waals surface area contributed by atoms with Crippen molar-refractivity contribution < 1.29 is 42.9 Å². The molecule has 19 heteroatoms. The smallest absolute Gasteiger partial charge is 0.410 e. The van der Waals surface area contributed by atoms with E-state index in [0.717, 1.165) is 0 Å². The van der Waals surface area contributed by atoms with Crippen LogP contribution in [0.25, 0.3) is 11.2 Å². The van der Waals surface area contributed by atoms with Gasteiger partial charge in [-0.05, 0) is 68.2 Å². The Kier molecular flexibility index (Phi) is 13.1. The van der Waals surface area contributed by atoms with E-state index in [9.17, 15) is 19.2 Å². The van der Waals surface area contributed by atoms with E-state index in [0.29, 0.717) is 56.7 Å². The molecule has 4 atom stereocenters. The lowest BCUT2D eigenvalue weighted by molar-refractivity contribution is -0.197. The fraction of sp³-hybridized carbons (Fsp3) is 0.750. The largest absolute Gasteiger partial charge is 0.444 e. The molecule has 0 aliphatic carbocycles. The number of carbonyl (C=O) groups is 4. The van der Waals surface area contributed by atoms with E-state index in [2.05, 4.69) is 25.6 Å². The van der Waals surface area contributed by atoms with Gasteiger partial charge in [-0.15, -0.1) is 0 Å². The molecule has 5 heterocycles. The molecular weight excluding hydrogens is 716 g/mol. The molecule has 0 unspecified atom stereocenters. The van der Waals surface area contributed by atoms with Gasteiger partial charge < -0.3 is 54.8 Å². The maximum absolute atomic E-state index is 13.5. The van der Waals surface area contributed by atoms with Crippen molar-refractivity contribution in [2.24, 2.45) is 0 Å². The Morgan fingerprint density at radius 1 is 0.855 bits per heavy atom. The van der Waals surface area contributed by atoms with Gasteiger partial charge in [0.2, 0.25) is 5.91 Å². The SMILES string of the molecule is CC(C)(C)OC(=O)N1CCNCCN(C(=O)CCCCNC(=O)[C@H]2O[C@@H](n3cnc4c(N)ncnc43)[C@@H]3OC(C)(C)O[C@@H]32)CCN(C(=O)OC(C)(C)C)CC1. The van der Waals surface area contributed by atoms with Gasteiger partial charge in [0.15, 0.2) is 29.6 Å². The van der Waals surface area contributed by atoms with Crippen LogP contribution < -0.4 is 16.4 Å². The molecule has 5 rings (SSSR count). The Labute approximate surface area is 321 Å². The zero-order valence-corrected chi connectivity index (χ0v) is 33.3. The number of imidazole rings is 1. The Bertz CT molecular complexity index is 1670. The molecule has 4 amide bonds. The van der Waals surface area contributed by atoms with Gasteiger partial charge in [-0.3, -0.25) is 14.2 Å². The second kappa shape index (κ2) is 17.2. The second-order valence-electron chi connectivity index (χ2n) is 16.4. The zero-order chi connectivity index (χ0) is 40.1. The molecule has 3 saturated heterocycles. The molecule has 4 N–H and O–H groups in total. The van der Waals surface area contributed by atoms with Crippen molar-refractivity contribution in [2.75, 3.05) is 64.6 Å². The number of fused-ring (bicyclic) bond motifs is 2. The summed E-state index contributed by atoms with van der Waals surface area (Å²) in [5.74, 6) is -1.13. The molecule has 0 radical (unpaired) electrons. The molecule has 3 aliphatic rings. The van der Waals surface area contributed by atoms with E-state index in [-0.39, 0.29) is 50.2 Å². The fourth-order valence-corrected chi connectivity index (χ4v) is 6.58. The van der Waals surface area contributed by atoms with Crippen molar-refractivity contribution in [3.05, 3.63) is 12.7 Å². The Morgan fingerprint density at radius 2 is 1.44 bits per heavy atom. The lowest BCUT2D eigenvalue weighted by Gasteiger charge is -2.33. The molecule has 306 valence electrons. The van der Waals surface area contributed by atoms with Gasteiger partial charge in [-0.2, -0.15) is 0 Å². The van der Waals surface area contributed by atoms with Gasteiger partial charge in [0, 0.05) is 65.3 Å². The summed E-state index contributed by atoms with van der Waals surface area (Å²) < 4.78 is 31.4.